The van der Waals surface area contributed by atoms with Gasteiger partial charge in [0.1, 0.15) is 0 Å². The SMILES string of the molecule is CC(C)NC(=O)Nc1c(Cl)cc(Br)cc1C(F)(F)F. The Morgan fingerprint density at radius 1 is 1.37 bits per heavy atom. The first kappa shape index (κ1) is 16.1. The highest BCUT2D eigenvalue weighted by atomic mass is 79.9. The number of hydrogen-bond donors (Lipinski definition) is 2. The number of halogens is 5. The minimum absolute atomic E-state index is 0.180. The van der Waals surface area contributed by atoms with Crippen LogP contribution < -0.4 is 10.6 Å². The molecule has 0 fully saturated rings. The summed E-state index contributed by atoms with van der Waals surface area (Å²) in [7, 11) is 0. The molecule has 0 aliphatic heterocycles. The Balaban J connectivity index is 3.15. The molecule has 1 rings (SSSR count). The second kappa shape index (κ2) is 6.00. The highest BCUT2D eigenvalue weighted by molar-refractivity contribution is 9.10. The molecule has 8 heteroatoms. The topological polar surface area (TPSA) is 41.1 Å². The molecular formula is C11H11BrClF3N2O. The molecule has 0 radical (unpaired) electrons. The zero-order chi connectivity index (χ0) is 14.8. The molecule has 0 heterocycles. The molecule has 0 aliphatic rings. The van der Waals surface area contributed by atoms with Crippen LogP contribution in [0, 0.1) is 0 Å². The van der Waals surface area contributed by atoms with Gasteiger partial charge in [0.05, 0.1) is 16.3 Å². The minimum Gasteiger partial charge on any atom is -0.336 e. The van der Waals surface area contributed by atoms with Crippen LogP contribution in [0.4, 0.5) is 23.7 Å². The summed E-state index contributed by atoms with van der Waals surface area (Å²) in [6.07, 6.45) is -4.62. The Labute approximate surface area is 121 Å². The van der Waals surface area contributed by atoms with Crippen molar-refractivity contribution in [3.63, 3.8) is 0 Å². The first-order valence-electron chi connectivity index (χ1n) is 5.25. The molecule has 0 aliphatic carbocycles. The van der Waals surface area contributed by atoms with Gasteiger partial charge in [-0.1, -0.05) is 27.5 Å². The monoisotopic (exact) mass is 358 g/mol. The van der Waals surface area contributed by atoms with Crippen LogP contribution in [-0.4, -0.2) is 12.1 Å². The maximum absolute atomic E-state index is 12.9. The van der Waals surface area contributed by atoms with Gasteiger partial charge in [-0.05, 0) is 26.0 Å². The van der Waals surface area contributed by atoms with Gasteiger partial charge in [0.2, 0.25) is 0 Å². The molecule has 0 unspecified atom stereocenters. The number of nitrogens with one attached hydrogen (secondary N) is 2. The molecular weight excluding hydrogens is 348 g/mol. The fourth-order valence-electron chi connectivity index (χ4n) is 1.34. The van der Waals surface area contributed by atoms with Gasteiger partial charge in [0, 0.05) is 10.5 Å². The molecule has 19 heavy (non-hydrogen) atoms. The number of urea groups is 1. The smallest absolute Gasteiger partial charge is 0.336 e. The average Bonchev–Trinajstić information content (AvgIpc) is 2.18. The first-order valence-corrected chi connectivity index (χ1v) is 6.42. The van der Waals surface area contributed by atoms with Crippen molar-refractivity contribution in [2.75, 3.05) is 5.32 Å². The average molecular weight is 360 g/mol. The van der Waals surface area contributed by atoms with E-state index in [-0.39, 0.29) is 15.5 Å². The Bertz CT molecular complexity index is 492. The van der Waals surface area contributed by atoms with E-state index in [9.17, 15) is 18.0 Å². The molecule has 1 aromatic carbocycles. The largest absolute Gasteiger partial charge is 0.418 e. The van der Waals surface area contributed by atoms with Gasteiger partial charge >= 0.3 is 12.2 Å². The molecule has 0 saturated carbocycles. The summed E-state index contributed by atoms with van der Waals surface area (Å²) in [6, 6.07) is 1.19. The lowest BCUT2D eigenvalue weighted by molar-refractivity contribution is -0.136. The summed E-state index contributed by atoms with van der Waals surface area (Å²) in [6.45, 7) is 3.38. The molecule has 106 valence electrons. The summed E-state index contributed by atoms with van der Waals surface area (Å²) in [4.78, 5) is 11.5. The molecule has 0 spiro atoms. The summed E-state index contributed by atoms with van der Waals surface area (Å²) < 4.78 is 38.8. The molecule has 0 saturated heterocycles. The van der Waals surface area contributed by atoms with Gasteiger partial charge in [0.15, 0.2) is 0 Å². The predicted octanol–water partition coefficient (Wildman–Crippen LogP) is 4.65. The highest BCUT2D eigenvalue weighted by Gasteiger charge is 2.35. The standard InChI is InChI=1S/C11H11BrClF3N2O/c1-5(2)17-10(19)18-9-7(11(14,15)16)3-6(12)4-8(9)13/h3-5H,1-2H3,(H2,17,18,19). The normalized spacial score (nSPS) is 11.6. The number of carbonyl (C=O) groups is 1. The van der Waals surface area contributed by atoms with Crippen molar-refractivity contribution >= 4 is 39.2 Å². The maximum Gasteiger partial charge on any atom is 0.418 e. The lowest BCUT2D eigenvalue weighted by Crippen LogP contribution is -2.34. The van der Waals surface area contributed by atoms with Gasteiger partial charge in [0.25, 0.3) is 0 Å². The summed E-state index contributed by atoms with van der Waals surface area (Å²) in [5.41, 5.74) is -1.47. The summed E-state index contributed by atoms with van der Waals surface area (Å²) >= 11 is 8.68. The quantitative estimate of drug-likeness (QED) is 0.793. The number of hydrogen-bond acceptors (Lipinski definition) is 1. The van der Waals surface area contributed by atoms with Gasteiger partial charge in [-0.15, -0.1) is 0 Å². The third kappa shape index (κ3) is 4.58. The summed E-state index contributed by atoms with van der Waals surface area (Å²) in [5.74, 6) is 0. The Morgan fingerprint density at radius 3 is 2.42 bits per heavy atom. The Morgan fingerprint density at radius 2 is 1.95 bits per heavy atom. The number of anilines is 1. The van der Waals surface area contributed by atoms with Crippen molar-refractivity contribution in [1.82, 2.24) is 5.32 Å². The Kier molecular flexibility index (Phi) is 5.09. The van der Waals surface area contributed by atoms with E-state index >= 15 is 0 Å². The molecule has 2 amide bonds. The van der Waals surface area contributed by atoms with E-state index in [2.05, 4.69) is 26.6 Å². The van der Waals surface area contributed by atoms with Crippen molar-refractivity contribution in [3.05, 3.63) is 27.2 Å². The number of rotatable bonds is 2. The number of benzene rings is 1. The molecule has 0 bridgehead atoms. The maximum atomic E-state index is 12.9. The second-order valence-corrected chi connectivity index (χ2v) is 5.38. The second-order valence-electron chi connectivity index (χ2n) is 4.06. The molecule has 0 aromatic heterocycles. The minimum atomic E-state index is -4.62. The van der Waals surface area contributed by atoms with Crippen molar-refractivity contribution in [3.8, 4) is 0 Å². The van der Waals surface area contributed by atoms with Crippen molar-refractivity contribution in [2.45, 2.75) is 26.1 Å². The zero-order valence-corrected chi connectivity index (χ0v) is 12.4. The van der Waals surface area contributed by atoms with Crippen LogP contribution in [0.25, 0.3) is 0 Å². The number of amides is 2. The highest BCUT2D eigenvalue weighted by Crippen LogP contribution is 2.40. The van der Waals surface area contributed by atoms with E-state index < -0.39 is 23.5 Å². The van der Waals surface area contributed by atoms with Gasteiger partial charge < -0.3 is 10.6 Å². The van der Waals surface area contributed by atoms with Gasteiger partial charge in [-0.2, -0.15) is 13.2 Å². The lowest BCUT2D eigenvalue weighted by Gasteiger charge is -2.17. The number of carbonyl (C=O) groups excluding carboxylic acids is 1. The van der Waals surface area contributed by atoms with Gasteiger partial charge in [-0.3, -0.25) is 0 Å². The summed E-state index contributed by atoms with van der Waals surface area (Å²) in [5, 5.41) is 4.35. The molecule has 2 N–H and O–H groups in total. The van der Waals surface area contributed by atoms with Crippen LogP contribution in [0.1, 0.15) is 19.4 Å². The third-order valence-corrected chi connectivity index (χ3v) is 2.77. The lowest BCUT2D eigenvalue weighted by atomic mass is 10.1. The first-order chi connectivity index (χ1) is 8.61. The fraction of sp³-hybridized carbons (Fsp3) is 0.364. The van der Waals surface area contributed by atoms with Crippen LogP contribution in [0.3, 0.4) is 0 Å². The van der Waals surface area contributed by atoms with Crippen molar-refractivity contribution < 1.29 is 18.0 Å². The molecule has 3 nitrogen and oxygen atoms in total. The third-order valence-electron chi connectivity index (χ3n) is 2.02. The van der Waals surface area contributed by atoms with E-state index in [1.165, 1.54) is 6.07 Å². The van der Waals surface area contributed by atoms with Crippen molar-refractivity contribution in [2.24, 2.45) is 0 Å². The van der Waals surface area contributed by atoms with E-state index in [1.54, 1.807) is 13.8 Å². The van der Waals surface area contributed by atoms with Crippen LogP contribution in [0.5, 0.6) is 0 Å². The Hall–Kier alpha value is -0.950. The van der Waals surface area contributed by atoms with Gasteiger partial charge in [-0.25, -0.2) is 4.79 Å². The van der Waals surface area contributed by atoms with Crippen LogP contribution in [0.15, 0.2) is 16.6 Å². The predicted molar refractivity (Wildman–Crippen MR) is 71.4 cm³/mol. The molecule has 0 atom stereocenters. The van der Waals surface area contributed by atoms with Crippen LogP contribution >= 0.6 is 27.5 Å². The van der Waals surface area contributed by atoms with Crippen LogP contribution in [-0.2, 0) is 6.18 Å². The number of alkyl halides is 3. The fourth-order valence-corrected chi connectivity index (χ4v) is 2.19. The molecule has 1 aromatic rings. The van der Waals surface area contributed by atoms with E-state index in [4.69, 9.17) is 11.6 Å². The van der Waals surface area contributed by atoms with E-state index in [0.29, 0.717) is 0 Å². The van der Waals surface area contributed by atoms with E-state index in [0.717, 1.165) is 6.07 Å². The van der Waals surface area contributed by atoms with Crippen LogP contribution in [0.2, 0.25) is 5.02 Å². The van der Waals surface area contributed by atoms with E-state index in [1.807, 2.05) is 0 Å². The van der Waals surface area contributed by atoms with Crippen molar-refractivity contribution in [1.29, 1.82) is 0 Å². The zero-order valence-electron chi connectivity index (χ0n) is 10.0.